The number of H-pyrrole nitrogens is 1. The number of halogens is 3. The fraction of sp³-hybridized carbons (Fsp3) is 0.136. The molecule has 0 bridgehead atoms. The summed E-state index contributed by atoms with van der Waals surface area (Å²) >= 11 is 6.11. The number of Topliss-reactive ketones (excluding diaryl/α,β-unsaturated/α-hetero) is 1. The zero-order valence-corrected chi connectivity index (χ0v) is 16.6. The summed E-state index contributed by atoms with van der Waals surface area (Å²) in [6.07, 6.45) is 1.44. The van der Waals surface area contributed by atoms with Crippen molar-refractivity contribution in [3.63, 3.8) is 0 Å². The summed E-state index contributed by atoms with van der Waals surface area (Å²) in [6, 6.07) is 10.3. The molecule has 30 heavy (non-hydrogen) atoms. The van der Waals surface area contributed by atoms with Crippen molar-refractivity contribution in [1.82, 2.24) is 15.2 Å². The second-order valence-corrected chi connectivity index (χ2v) is 7.22. The van der Waals surface area contributed by atoms with Crippen molar-refractivity contribution in [3.05, 3.63) is 87.7 Å². The molecule has 0 fully saturated rings. The lowest BCUT2D eigenvalue weighted by atomic mass is 10.0. The van der Waals surface area contributed by atoms with E-state index >= 15 is 4.39 Å². The zero-order chi connectivity index (χ0) is 21.3. The average molecular weight is 428 g/mol. The van der Waals surface area contributed by atoms with E-state index in [1.165, 1.54) is 36.5 Å². The number of ketones is 1. The number of fused-ring (bicyclic) bond motifs is 1. The van der Waals surface area contributed by atoms with Gasteiger partial charge in [0.05, 0.1) is 10.6 Å². The fourth-order valence-electron chi connectivity index (χ4n) is 3.12. The summed E-state index contributed by atoms with van der Waals surface area (Å²) in [6.45, 7) is 1.79. The van der Waals surface area contributed by atoms with Crippen LogP contribution >= 0.6 is 11.6 Å². The molecule has 0 aliphatic rings. The van der Waals surface area contributed by atoms with Gasteiger partial charge in [-0.25, -0.2) is 13.8 Å². The molecule has 0 radical (unpaired) electrons. The largest absolute Gasteiger partial charge is 0.486 e. The number of hydrogen-bond donors (Lipinski definition) is 1. The van der Waals surface area contributed by atoms with Gasteiger partial charge < -0.3 is 4.74 Å². The first-order valence-corrected chi connectivity index (χ1v) is 9.48. The summed E-state index contributed by atoms with van der Waals surface area (Å²) in [4.78, 5) is 17.0. The first-order valence-electron chi connectivity index (χ1n) is 9.10. The van der Waals surface area contributed by atoms with Crippen LogP contribution in [-0.4, -0.2) is 21.0 Å². The molecule has 0 spiro atoms. The quantitative estimate of drug-likeness (QED) is 0.429. The summed E-state index contributed by atoms with van der Waals surface area (Å²) in [7, 11) is 0. The lowest BCUT2D eigenvalue weighted by Gasteiger charge is -2.12. The SMILES string of the molecule is Cc1[nH]nc2ncc(CC(=O)c3c(Cl)ccc(OCc4cccc(F)c4)c3F)cc12. The molecule has 0 aliphatic carbocycles. The van der Waals surface area contributed by atoms with Gasteiger partial charge in [-0.15, -0.1) is 0 Å². The first-order chi connectivity index (χ1) is 14.4. The zero-order valence-electron chi connectivity index (χ0n) is 15.9. The van der Waals surface area contributed by atoms with Gasteiger partial charge in [0.2, 0.25) is 0 Å². The summed E-state index contributed by atoms with van der Waals surface area (Å²) in [5.74, 6) is -1.90. The van der Waals surface area contributed by atoms with Crippen molar-refractivity contribution in [1.29, 1.82) is 0 Å². The molecule has 4 aromatic rings. The minimum atomic E-state index is -0.850. The molecule has 8 heteroatoms. The predicted molar refractivity (Wildman–Crippen MR) is 109 cm³/mol. The number of rotatable bonds is 6. The van der Waals surface area contributed by atoms with Crippen molar-refractivity contribution in [3.8, 4) is 5.75 Å². The van der Waals surface area contributed by atoms with E-state index < -0.39 is 17.4 Å². The smallest absolute Gasteiger partial charge is 0.181 e. The summed E-state index contributed by atoms with van der Waals surface area (Å²) in [5, 5.41) is 7.65. The topological polar surface area (TPSA) is 67.9 Å². The third kappa shape index (κ3) is 4.02. The Morgan fingerprint density at radius 1 is 1.17 bits per heavy atom. The maximum atomic E-state index is 15.0. The molecule has 2 aromatic carbocycles. The minimum absolute atomic E-state index is 0.0101. The Morgan fingerprint density at radius 2 is 2.00 bits per heavy atom. The van der Waals surface area contributed by atoms with E-state index in [4.69, 9.17) is 16.3 Å². The molecule has 1 N–H and O–H groups in total. The van der Waals surface area contributed by atoms with Crippen molar-refractivity contribution in [2.24, 2.45) is 0 Å². The number of benzene rings is 2. The van der Waals surface area contributed by atoms with Gasteiger partial charge in [0.25, 0.3) is 0 Å². The molecule has 0 aliphatic heterocycles. The van der Waals surface area contributed by atoms with Gasteiger partial charge in [0.15, 0.2) is 23.0 Å². The van der Waals surface area contributed by atoms with E-state index in [1.807, 2.05) is 6.92 Å². The number of carbonyl (C=O) groups is 1. The Hall–Kier alpha value is -3.32. The summed E-state index contributed by atoms with van der Waals surface area (Å²) < 4.78 is 33.8. The molecular formula is C22H16ClF2N3O2. The van der Waals surface area contributed by atoms with E-state index in [-0.39, 0.29) is 29.4 Å². The van der Waals surface area contributed by atoms with E-state index in [0.29, 0.717) is 16.8 Å². The van der Waals surface area contributed by atoms with Crippen LogP contribution in [0.25, 0.3) is 11.0 Å². The Labute approximate surface area is 175 Å². The number of ether oxygens (including phenoxy) is 1. The molecule has 2 heterocycles. The Kier molecular flexibility index (Phi) is 5.46. The maximum absolute atomic E-state index is 15.0. The van der Waals surface area contributed by atoms with Gasteiger partial charge in [-0.1, -0.05) is 23.7 Å². The third-order valence-electron chi connectivity index (χ3n) is 4.64. The van der Waals surface area contributed by atoms with E-state index in [2.05, 4.69) is 15.2 Å². The van der Waals surface area contributed by atoms with Crippen LogP contribution in [0.5, 0.6) is 5.75 Å². The molecule has 0 unspecified atom stereocenters. The monoisotopic (exact) mass is 427 g/mol. The molecule has 5 nitrogen and oxygen atoms in total. The summed E-state index contributed by atoms with van der Waals surface area (Å²) in [5.41, 5.74) is 2.26. The number of hydrogen-bond acceptors (Lipinski definition) is 4. The van der Waals surface area contributed by atoms with E-state index in [0.717, 1.165) is 11.1 Å². The van der Waals surface area contributed by atoms with Crippen LogP contribution in [0.15, 0.2) is 48.7 Å². The standard InChI is InChI=1S/C22H16ClF2N3O2/c1-12-16-8-14(10-26-22(16)28-27-12)9-18(29)20-17(23)5-6-19(21(20)25)30-11-13-3-2-4-15(24)7-13/h2-8,10H,9,11H2,1H3,(H,26,27,28). The molecule has 2 aromatic heterocycles. The van der Waals surface area contributed by atoms with Crippen molar-refractivity contribution < 1.29 is 18.3 Å². The highest BCUT2D eigenvalue weighted by atomic mass is 35.5. The molecule has 0 amide bonds. The number of nitrogens with one attached hydrogen (secondary N) is 1. The van der Waals surface area contributed by atoms with Gasteiger partial charge in [-0.2, -0.15) is 5.10 Å². The number of nitrogens with zero attached hydrogens (tertiary/aromatic N) is 2. The van der Waals surface area contributed by atoms with Crippen molar-refractivity contribution >= 4 is 28.4 Å². The van der Waals surface area contributed by atoms with Crippen LogP contribution < -0.4 is 4.74 Å². The Morgan fingerprint density at radius 3 is 2.80 bits per heavy atom. The number of carbonyl (C=O) groups excluding carboxylic acids is 1. The maximum Gasteiger partial charge on any atom is 0.181 e. The van der Waals surface area contributed by atoms with Crippen molar-refractivity contribution in [2.45, 2.75) is 20.0 Å². The van der Waals surface area contributed by atoms with Gasteiger partial charge in [-0.05, 0) is 48.4 Å². The predicted octanol–water partition coefficient (Wildman–Crippen LogP) is 5.20. The van der Waals surface area contributed by atoms with Crippen LogP contribution in [0.2, 0.25) is 5.02 Å². The Balaban J connectivity index is 1.57. The van der Waals surface area contributed by atoms with Gasteiger partial charge in [0, 0.05) is 23.7 Å². The van der Waals surface area contributed by atoms with Gasteiger partial charge in [0.1, 0.15) is 12.4 Å². The van der Waals surface area contributed by atoms with E-state index in [1.54, 1.807) is 12.1 Å². The van der Waals surface area contributed by atoms with Crippen LogP contribution in [0.3, 0.4) is 0 Å². The van der Waals surface area contributed by atoms with Gasteiger partial charge >= 0.3 is 0 Å². The van der Waals surface area contributed by atoms with Crippen molar-refractivity contribution in [2.75, 3.05) is 0 Å². The molecule has 4 rings (SSSR count). The van der Waals surface area contributed by atoms with Crippen LogP contribution in [0, 0.1) is 18.6 Å². The normalized spacial score (nSPS) is 11.1. The van der Waals surface area contributed by atoms with Crippen LogP contribution in [0.4, 0.5) is 8.78 Å². The molecule has 0 saturated carbocycles. The minimum Gasteiger partial charge on any atom is -0.486 e. The highest BCUT2D eigenvalue weighted by molar-refractivity contribution is 6.34. The first kappa shape index (κ1) is 20.0. The second kappa shape index (κ2) is 8.20. The number of aromatic nitrogens is 3. The van der Waals surface area contributed by atoms with Crippen LogP contribution in [0.1, 0.15) is 27.2 Å². The second-order valence-electron chi connectivity index (χ2n) is 6.82. The van der Waals surface area contributed by atoms with E-state index in [9.17, 15) is 9.18 Å². The number of aromatic amines is 1. The molecular weight excluding hydrogens is 412 g/mol. The number of pyridine rings is 1. The lowest BCUT2D eigenvalue weighted by Crippen LogP contribution is -2.09. The Bertz CT molecular complexity index is 1260. The average Bonchev–Trinajstić information content (AvgIpc) is 3.08. The molecule has 0 atom stereocenters. The third-order valence-corrected chi connectivity index (χ3v) is 4.95. The fourth-order valence-corrected chi connectivity index (χ4v) is 3.37. The highest BCUT2D eigenvalue weighted by Gasteiger charge is 2.21. The lowest BCUT2D eigenvalue weighted by molar-refractivity contribution is 0.0988. The molecule has 0 saturated heterocycles. The van der Waals surface area contributed by atoms with Gasteiger partial charge in [-0.3, -0.25) is 9.89 Å². The highest BCUT2D eigenvalue weighted by Crippen LogP contribution is 2.29. The van der Waals surface area contributed by atoms with Crippen LogP contribution in [-0.2, 0) is 13.0 Å². The molecule has 152 valence electrons. The number of aryl methyl sites for hydroxylation is 1.